The summed E-state index contributed by atoms with van der Waals surface area (Å²) in [4.78, 5) is 23.6. The monoisotopic (exact) mass is 256 g/mol. The molecule has 98 valence electrons. The Balaban J connectivity index is 1.72. The maximum Gasteiger partial charge on any atom is 0.253 e. The fourth-order valence-corrected chi connectivity index (χ4v) is 2.17. The smallest absolute Gasteiger partial charge is 0.253 e. The van der Waals surface area contributed by atoms with Crippen molar-refractivity contribution in [2.75, 3.05) is 0 Å². The van der Waals surface area contributed by atoms with E-state index < -0.39 is 0 Å². The van der Waals surface area contributed by atoms with Crippen molar-refractivity contribution in [2.45, 2.75) is 31.7 Å². The SMILES string of the molecule is C[C@H](NC(=O)c1cc[nH]c1C1CC1)c1cnccn1. The highest BCUT2D eigenvalue weighted by molar-refractivity contribution is 5.95. The molecule has 1 atom stereocenters. The van der Waals surface area contributed by atoms with Gasteiger partial charge >= 0.3 is 0 Å². The molecule has 0 aliphatic heterocycles. The second kappa shape index (κ2) is 4.84. The Morgan fingerprint density at radius 3 is 3.00 bits per heavy atom. The number of H-pyrrole nitrogens is 1. The second-order valence-corrected chi connectivity index (χ2v) is 4.90. The zero-order valence-electron chi connectivity index (χ0n) is 10.8. The molecule has 1 saturated carbocycles. The number of nitrogens with one attached hydrogen (secondary N) is 2. The number of hydrogen-bond acceptors (Lipinski definition) is 3. The van der Waals surface area contributed by atoms with E-state index in [0.717, 1.165) is 17.0 Å². The molecule has 3 rings (SSSR count). The van der Waals surface area contributed by atoms with Gasteiger partial charge in [-0.05, 0) is 31.7 Å². The zero-order chi connectivity index (χ0) is 13.2. The first-order chi connectivity index (χ1) is 9.25. The van der Waals surface area contributed by atoms with Crippen LogP contribution in [0, 0.1) is 0 Å². The normalized spacial score (nSPS) is 16.1. The molecule has 0 radical (unpaired) electrons. The van der Waals surface area contributed by atoms with Crippen molar-refractivity contribution in [1.82, 2.24) is 20.3 Å². The molecule has 1 aliphatic carbocycles. The van der Waals surface area contributed by atoms with Crippen LogP contribution in [0.1, 0.15) is 53.5 Å². The number of rotatable bonds is 4. The third-order valence-electron chi connectivity index (χ3n) is 3.38. The van der Waals surface area contributed by atoms with E-state index in [-0.39, 0.29) is 11.9 Å². The summed E-state index contributed by atoms with van der Waals surface area (Å²) in [6.45, 7) is 1.91. The number of hydrogen-bond donors (Lipinski definition) is 2. The summed E-state index contributed by atoms with van der Waals surface area (Å²) in [5.41, 5.74) is 2.57. The zero-order valence-corrected chi connectivity index (χ0v) is 10.8. The molecule has 0 bridgehead atoms. The molecular formula is C14H16N4O. The van der Waals surface area contributed by atoms with Gasteiger partial charge in [-0.1, -0.05) is 0 Å². The van der Waals surface area contributed by atoms with Crippen LogP contribution in [0.3, 0.4) is 0 Å². The Hall–Kier alpha value is -2.17. The maximum atomic E-state index is 12.3. The third-order valence-corrected chi connectivity index (χ3v) is 3.38. The van der Waals surface area contributed by atoms with E-state index in [9.17, 15) is 4.79 Å². The Morgan fingerprint density at radius 1 is 1.47 bits per heavy atom. The van der Waals surface area contributed by atoms with Crippen LogP contribution in [0.5, 0.6) is 0 Å². The van der Waals surface area contributed by atoms with Crippen LogP contribution < -0.4 is 5.32 Å². The molecule has 0 saturated heterocycles. The number of carbonyl (C=O) groups is 1. The summed E-state index contributed by atoms with van der Waals surface area (Å²) in [7, 11) is 0. The van der Waals surface area contributed by atoms with Gasteiger partial charge in [0.1, 0.15) is 0 Å². The fraction of sp³-hybridized carbons (Fsp3) is 0.357. The average Bonchev–Trinajstić information content (AvgIpc) is 3.16. The van der Waals surface area contributed by atoms with Crippen LogP contribution in [-0.4, -0.2) is 20.9 Å². The Labute approximate surface area is 111 Å². The van der Waals surface area contributed by atoms with Crippen LogP contribution >= 0.6 is 0 Å². The first-order valence-corrected chi connectivity index (χ1v) is 6.49. The summed E-state index contributed by atoms with van der Waals surface area (Å²) in [6.07, 6.45) is 9.08. The number of carbonyl (C=O) groups excluding carboxylic acids is 1. The number of aromatic amines is 1. The lowest BCUT2D eigenvalue weighted by molar-refractivity contribution is 0.0938. The van der Waals surface area contributed by atoms with E-state index in [2.05, 4.69) is 20.3 Å². The molecule has 19 heavy (non-hydrogen) atoms. The molecular weight excluding hydrogens is 240 g/mol. The highest BCUT2D eigenvalue weighted by Crippen LogP contribution is 2.40. The first kappa shape index (κ1) is 11.9. The molecule has 5 nitrogen and oxygen atoms in total. The minimum absolute atomic E-state index is 0.0543. The summed E-state index contributed by atoms with van der Waals surface area (Å²) in [6, 6.07) is 1.69. The molecule has 0 aromatic carbocycles. The summed E-state index contributed by atoms with van der Waals surface area (Å²) >= 11 is 0. The summed E-state index contributed by atoms with van der Waals surface area (Å²) in [5.74, 6) is 0.476. The van der Waals surface area contributed by atoms with Gasteiger partial charge in [-0.2, -0.15) is 0 Å². The van der Waals surface area contributed by atoms with Crippen molar-refractivity contribution < 1.29 is 4.79 Å². The van der Waals surface area contributed by atoms with Crippen molar-refractivity contribution in [3.63, 3.8) is 0 Å². The first-order valence-electron chi connectivity index (χ1n) is 6.49. The van der Waals surface area contributed by atoms with Gasteiger partial charge in [0.05, 0.1) is 23.5 Å². The van der Waals surface area contributed by atoms with Crippen molar-refractivity contribution in [3.8, 4) is 0 Å². The van der Waals surface area contributed by atoms with Crippen LogP contribution in [0.15, 0.2) is 30.9 Å². The Bertz CT molecular complexity index is 574. The van der Waals surface area contributed by atoms with Gasteiger partial charge in [-0.25, -0.2) is 0 Å². The van der Waals surface area contributed by atoms with Gasteiger partial charge < -0.3 is 10.3 Å². The molecule has 1 amide bonds. The lowest BCUT2D eigenvalue weighted by Gasteiger charge is -2.13. The highest BCUT2D eigenvalue weighted by atomic mass is 16.1. The van der Waals surface area contributed by atoms with E-state index in [0.29, 0.717) is 5.92 Å². The van der Waals surface area contributed by atoms with E-state index in [1.807, 2.05) is 19.2 Å². The largest absolute Gasteiger partial charge is 0.364 e. The highest BCUT2D eigenvalue weighted by Gasteiger charge is 2.29. The topological polar surface area (TPSA) is 70.7 Å². The van der Waals surface area contributed by atoms with Gasteiger partial charge in [0.25, 0.3) is 5.91 Å². The van der Waals surface area contributed by atoms with E-state index in [1.165, 1.54) is 12.8 Å². The quantitative estimate of drug-likeness (QED) is 0.880. The van der Waals surface area contributed by atoms with E-state index in [1.54, 1.807) is 18.6 Å². The Kier molecular flexibility index (Phi) is 3.03. The lowest BCUT2D eigenvalue weighted by atomic mass is 10.1. The van der Waals surface area contributed by atoms with Crippen LogP contribution in [0.25, 0.3) is 0 Å². The minimum Gasteiger partial charge on any atom is -0.364 e. The standard InChI is InChI=1S/C14H16N4O/c1-9(12-8-15-6-7-16-12)18-14(19)11-4-5-17-13(11)10-2-3-10/h4-10,17H,2-3H2,1H3,(H,18,19)/t9-/m0/s1. The number of nitrogens with zero attached hydrogens (tertiary/aromatic N) is 2. The minimum atomic E-state index is -0.150. The van der Waals surface area contributed by atoms with Crippen LogP contribution in [0.4, 0.5) is 0 Å². The summed E-state index contributed by atoms with van der Waals surface area (Å²) in [5, 5.41) is 2.96. The van der Waals surface area contributed by atoms with Crippen molar-refractivity contribution in [1.29, 1.82) is 0 Å². The fourth-order valence-electron chi connectivity index (χ4n) is 2.17. The van der Waals surface area contributed by atoms with E-state index >= 15 is 0 Å². The van der Waals surface area contributed by atoms with Crippen molar-refractivity contribution >= 4 is 5.91 Å². The molecule has 2 aromatic rings. The third kappa shape index (κ3) is 2.50. The maximum absolute atomic E-state index is 12.3. The predicted octanol–water partition coefficient (Wildman–Crippen LogP) is 2.17. The average molecular weight is 256 g/mol. The molecule has 0 spiro atoms. The Morgan fingerprint density at radius 2 is 2.32 bits per heavy atom. The van der Waals surface area contributed by atoms with Gasteiger partial charge in [0.2, 0.25) is 0 Å². The second-order valence-electron chi connectivity index (χ2n) is 4.90. The van der Waals surface area contributed by atoms with Crippen molar-refractivity contribution in [3.05, 3.63) is 47.8 Å². The van der Waals surface area contributed by atoms with Crippen LogP contribution in [0.2, 0.25) is 0 Å². The molecule has 1 fully saturated rings. The van der Waals surface area contributed by atoms with Gasteiger partial charge in [0, 0.05) is 24.3 Å². The van der Waals surface area contributed by atoms with Gasteiger partial charge in [-0.15, -0.1) is 0 Å². The lowest BCUT2D eigenvalue weighted by Crippen LogP contribution is -2.27. The summed E-state index contributed by atoms with van der Waals surface area (Å²) < 4.78 is 0. The number of aromatic nitrogens is 3. The molecule has 2 heterocycles. The molecule has 1 aliphatic rings. The number of amides is 1. The van der Waals surface area contributed by atoms with Crippen molar-refractivity contribution in [2.24, 2.45) is 0 Å². The van der Waals surface area contributed by atoms with Crippen LogP contribution in [-0.2, 0) is 0 Å². The van der Waals surface area contributed by atoms with Gasteiger partial charge in [-0.3, -0.25) is 14.8 Å². The molecule has 0 unspecified atom stereocenters. The molecule has 5 heteroatoms. The van der Waals surface area contributed by atoms with E-state index in [4.69, 9.17) is 0 Å². The molecule has 2 aromatic heterocycles. The molecule has 2 N–H and O–H groups in total. The van der Waals surface area contributed by atoms with Gasteiger partial charge in [0.15, 0.2) is 0 Å². The predicted molar refractivity (Wildman–Crippen MR) is 70.7 cm³/mol.